The van der Waals surface area contributed by atoms with Crippen molar-refractivity contribution in [2.45, 2.75) is 44.2 Å². The summed E-state index contributed by atoms with van der Waals surface area (Å²) in [4.78, 5) is 24.9. The highest BCUT2D eigenvalue weighted by molar-refractivity contribution is 7.90. The number of carbonyl (C=O) groups is 2. The van der Waals surface area contributed by atoms with Gasteiger partial charge in [-0.3, -0.25) is 9.59 Å². The Bertz CT molecular complexity index is 1210. The van der Waals surface area contributed by atoms with E-state index in [0.29, 0.717) is 31.9 Å². The molecule has 1 heterocycles. The summed E-state index contributed by atoms with van der Waals surface area (Å²) < 4.78 is 34.8. The van der Waals surface area contributed by atoms with Gasteiger partial charge in [-0.05, 0) is 43.3 Å². The van der Waals surface area contributed by atoms with Crippen LogP contribution in [0.5, 0.6) is 0 Å². The molecule has 190 valence electrons. The van der Waals surface area contributed by atoms with Crippen molar-refractivity contribution in [1.29, 1.82) is 0 Å². The number of anilines is 1. The van der Waals surface area contributed by atoms with Gasteiger partial charge in [0.1, 0.15) is 6.17 Å². The summed E-state index contributed by atoms with van der Waals surface area (Å²) in [5, 5.41) is 3.74. The van der Waals surface area contributed by atoms with Crippen molar-refractivity contribution in [3.63, 3.8) is 0 Å². The summed E-state index contributed by atoms with van der Waals surface area (Å²) in [6, 6.07) is 8.78. The molecule has 10 heteroatoms. The van der Waals surface area contributed by atoms with Crippen molar-refractivity contribution in [1.82, 2.24) is 0 Å². The molecule has 2 aromatic rings. The Hall–Kier alpha value is -2.19. The largest absolute Gasteiger partial charge is 0.324 e. The molecule has 0 aromatic heterocycles. The minimum absolute atomic E-state index is 0.0862. The van der Waals surface area contributed by atoms with Crippen molar-refractivity contribution in [2.75, 3.05) is 11.6 Å². The van der Waals surface area contributed by atoms with Gasteiger partial charge in [0.15, 0.2) is 15.6 Å². The molecule has 1 amide bonds. The van der Waals surface area contributed by atoms with Crippen molar-refractivity contribution >= 4 is 62.0 Å². The van der Waals surface area contributed by atoms with E-state index in [1.54, 1.807) is 12.1 Å². The number of hydrogen-bond acceptors (Lipinski definition) is 4. The van der Waals surface area contributed by atoms with Crippen molar-refractivity contribution < 1.29 is 22.4 Å². The minimum Gasteiger partial charge on any atom is -0.324 e. The highest BCUT2D eigenvalue weighted by Crippen LogP contribution is 2.43. The number of halogens is 4. The predicted molar refractivity (Wildman–Crippen MR) is 142 cm³/mol. The molecule has 0 radical (unpaired) electrons. The number of benzene rings is 2. The fourth-order valence-electron chi connectivity index (χ4n) is 3.00. The van der Waals surface area contributed by atoms with E-state index in [1.807, 2.05) is 13.8 Å². The number of ketones is 1. The van der Waals surface area contributed by atoms with E-state index >= 15 is 0 Å². The fraction of sp³-hybridized carbons (Fsp3) is 0.280. The summed E-state index contributed by atoms with van der Waals surface area (Å²) in [7, 11) is -3.33. The SMILES string of the molecule is C=C(Cl)/C=C\C(C)F.CC.CS(=O)(=O)c1ccc(C(=O)CC2C(=O)Nc3c(Cl)ccc(Cl)c32)cc1. The molecule has 0 aliphatic carbocycles. The molecule has 0 spiro atoms. The van der Waals surface area contributed by atoms with Gasteiger partial charge in [0.2, 0.25) is 5.91 Å². The Balaban J connectivity index is 0.000000523. The molecule has 0 bridgehead atoms. The third-order valence-corrected chi connectivity index (χ3v) is 6.49. The number of sulfone groups is 1. The van der Waals surface area contributed by atoms with Crippen LogP contribution in [-0.2, 0) is 14.6 Å². The lowest BCUT2D eigenvalue weighted by atomic mass is 9.92. The van der Waals surface area contributed by atoms with Crippen LogP contribution in [0.1, 0.15) is 49.0 Å². The second-order valence-corrected chi connectivity index (χ2v) is 10.6. The molecule has 0 fully saturated rings. The van der Waals surface area contributed by atoms with Crippen LogP contribution in [0.25, 0.3) is 0 Å². The van der Waals surface area contributed by atoms with Gasteiger partial charge in [0.25, 0.3) is 0 Å². The number of hydrogen-bond donors (Lipinski definition) is 1. The summed E-state index contributed by atoms with van der Waals surface area (Å²) >= 11 is 17.5. The van der Waals surface area contributed by atoms with Crippen LogP contribution in [0, 0.1) is 0 Å². The van der Waals surface area contributed by atoms with Crippen LogP contribution in [0.15, 0.2) is 65.1 Å². The first kappa shape index (κ1) is 30.8. The van der Waals surface area contributed by atoms with Gasteiger partial charge in [-0.1, -0.05) is 67.4 Å². The van der Waals surface area contributed by atoms with Gasteiger partial charge < -0.3 is 5.32 Å². The number of Topliss-reactive ketones (excluding diaryl/α,β-unsaturated/α-hetero) is 1. The number of fused-ring (bicyclic) bond motifs is 1. The van der Waals surface area contributed by atoms with Gasteiger partial charge in [0.05, 0.1) is 21.5 Å². The second-order valence-electron chi connectivity index (χ2n) is 7.27. The summed E-state index contributed by atoms with van der Waals surface area (Å²) in [6.07, 6.45) is 2.85. The zero-order valence-corrected chi connectivity index (χ0v) is 22.8. The van der Waals surface area contributed by atoms with Gasteiger partial charge in [-0.2, -0.15) is 0 Å². The van der Waals surface area contributed by atoms with Crippen LogP contribution < -0.4 is 5.32 Å². The van der Waals surface area contributed by atoms with E-state index < -0.39 is 21.9 Å². The van der Waals surface area contributed by atoms with E-state index in [4.69, 9.17) is 34.8 Å². The maximum absolute atomic E-state index is 12.5. The number of alkyl halides is 1. The molecule has 2 unspecified atom stereocenters. The van der Waals surface area contributed by atoms with E-state index in [0.717, 1.165) is 6.26 Å². The first-order valence-corrected chi connectivity index (χ1v) is 13.6. The Kier molecular flexibility index (Phi) is 12.1. The fourth-order valence-corrected chi connectivity index (χ4v) is 4.20. The zero-order chi connectivity index (χ0) is 26.9. The molecule has 5 nitrogen and oxygen atoms in total. The van der Waals surface area contributed by atoms with Gasteiger partial charge in [0, 0.05) is 33.9 Å². The summed E-state index contributed by atoms with van der Waals surface area (Å²) in [6.45, 7) is 8.77. The molecule has 0 saturated heterocycles. The van der Waals surface area contributed by atoms with Crippen molar-refractivity contribution in [3.8, 4) is 0 Å². The predicted octanol–water partition coefficient (Wildman–Crippen LogP) is 7.38. The number of amides is 1. The second kappa shape index (κ2) is 13.8. The topological polar surface area (TPSA) is 80.3 Å². The average molecular weight is 563 g/mol. The molecule has 0 saturated carbocycles. The molecule has 1 aliphatic heterocycles. The number of carbonyl (C=O) groups excluding carboxylic acids is 2. The molecular formula is C25H27Cl3FNO4S. The Morgan fingerprint density at radius 1 is 1.14 bits per heavy atom. The third kappa shape index (κ3) is 9.08. The van der Waals surface area contributed by atoms with Gasteiger partial charge in [-0.15, -0.1) is 0 Å². The minimum atomic E-state index is -3.33. The smallest absolute Gasteiger partial charge is 0.232 e. The average Bonchev–Trinajstić information content (AvgIpc) is 3.13. The van der Waals surface area contributed by atoms with E-state index in [9.17, 15) is 22.4 Å². The summed E-state index contributed by atoms with van der Waals surface area (Å²) in [5.74, 6) is -1.36. The highest BCUT2D eigenvalue weighted by Gasteiger charge is 2.35. The maximum Gasteiger partial charge on any atom is 0.232 e. The summed E-state index contributed by atoms with van der Waals surface area (Å²) in [5.41, 5.74) is 1.27. The number of nitrogens with one attached hydrogen (secondary N) is 1. The van der Waals surface area contributed by atoms with Crippen LogP contribution >= 0.6 is 34.8 Å². The third-order valence-electron chi connectivity index (χ3n) is 4.59. The monoisotopic (exact) mass is 561 g/mol. The lowest BCUT2D eigenvalue weighted by Crippen LogP contribution is -2.16. The molecule has 1 aliphatic rings. The maximum atomic E-state index is 12.5. The number of rotatable bonds is 6. The molecule has 35 heavy (non-hydrogen) atoms. The molecule has 2 aromatic carbocycles. The molecule has 1 N–H and O–H groups in total. The first-order chi connectivity index (χ1) is 16.3. The van der Waals surface area contributed by atoms with Gasteiger partial charge in [-0.25, -0.2) is 12.8 Å². The molecule has 3 rings (SSSR count). The normalized spacial score (nSPS) is 15.2. The Morgan fingerprint density at radius 3 is 2.14 bits per heavy atom. The van der Waals surface area contributed by atoms with E-state index in [1.165, 1.54) is 43.3 Å². The van der Waals surface area contributed by atoms with Crippen LogP contribution in [0.3, 0.4) is 0 Å². The lowest BCUT2D eigenvalue weighted by Gasteiger charge is -2.10. The quantitative estimate of drug-likeness (QED) is 0.294. The molecular weight excluding hydrogens is 536 g/mol. The van der Waals surface area contributed by atoms with Crippen LogP contribution in [0.4, 0.5) is 10.1 Å². The lowest BCUT2D eigenvalue weighted by molar-refractivity contribution is -0.117. The molecule has 2 atom stereocenters. The van der Waals surface area contributed by atoms with E-state index in [-0.39, 0.29) is 23.0 Å². The van der Waals surface area contributed by atoms with Crippen LogP contribution in [-0.4, -0.2) is 32.5 Å². The Morgan fingerprint density at radius 2 is 1.69 bits per heavy atom. The first-order valence-electron chi connectivity index (χ1n) is 10.6. The van der Waals surface area contributed by atoms with Gasteiger partial charge >= 0.3 is 0 Å². The standard InChI is InChI=1S/C17H13Cl2NO4S.C6H8ClF.C2H6/c1-25(23,24)10-4-2-9(3-5-10)14(21)8-11-15-12(18)6-7-13(19)16(15)20-17(11)22;1-5(7)3-4-6(2)8;1-2/h2-7,11H,8H2,1H3,(H,20,22);3-4,6H,1H2,2H3;1-2H3/b;4-3-;. The van der Waals surface area contributed by atoms with E-state index in [2.05, 4.69) is 11.9 Å². The highest BCUT2D eigenvalue weighted by atomic mass is 35.5. The van der Waals surface area contributed by atoms with Crippen LogP contribution in [0.2, 0.25) is 10.0 Å². The van der Waals surface area contributed by atoms with Crippen molar-refractivity contribution in [2.24, 2.45) is 0 Å². The van der Waals surface area contributed by atoms with Crippen molar-refractivity contribution in [3.05, 3.63) is 81.3 Å². The number of allylic oxidation sites excluding steroid dienone is 3. The zero-order valence-electron chi connectivity index (χ0n) is 19.7. The Labute approximate surface area is 220 Å².